The van der Waals surface area contributed by atoms with Crippen molar-refractivity contribution < 1.29 is 14.4 Å². The van der Waals surface area contributed by atoms with E-state index in [1.54, 1.807) is 12.4 Å². The van der Waals surface area contributed by atoms with E-state index in [1.807, 2.05) is 39.9 Å². The number of nitrogens with zero attached hydrogens (tertiary/aromatic N) is 4. The smallest absolute Gasteiger partial charge is 0.256 e. The molecule has 8 heteroatoms. The maximum absolute atomic E-state index is 13.3. The van der Waals surface area contributed by atoms with E-state index in [-0.39, 0.29) is 24.3 Å². The van der Waals surface area contributed by atoms with Gasteiger partial charge in [-0.25, -0.2) is 5.06 Å². The van der Waals surface area contributed by atoms with Crippen LogP contribution in [0.5, 0.6) is 0 Å². The average molecular weight is 393 g/mol. The van der Waals surface area contributed by atoms with Crippen LogP contribution in [-0.4, -0.2) is 56.2 Å². The fraction of sp³-hybridized carbons (Fsp3) is 0.381. The Kier molecular flexibility index (Phi) is 4.55. The molecule has 1 aromatic carbocycles. The van der Waals surface area contributed by atoms with Crippen molar-refractivity contribution in [3.05, 3.63) is 54.0 Å². The van der Waals surface area contributed by atoms with E-state index >= 15 is 0 Å². The molecule has 0 spiro atoms. The highest BCUT2D eigenvalue weighted by atomic mass is 16.7. The first kappa shape index (κ1) is 17.9. The molecule has 8 nitrogen and oxygen atoms in total. The fourth-order valence-corrected chi connectivity index (χ4v) is 4.21. The number of rotatable bonds is 3. The molecule has 0 aliphatic carbocycles. The summed E-state index contributed by atoms with van der Waals surface area (Å²) in [5.74, 6) is -0.0980. The van der Waals surface area contributed by atoms with Crippen molar-refractivity contribution >= 4 is 22.7 Å². The third-order valence-electron chi connectivity index (χ3n) is 5.68. The largest absolute Gasteiger partial charge is 0.360 e. The molecular weight excluding hydrogens is 370 g/mol. The number of carbonyl (C=O) groups is 2. The molecule has 0 saturated carbocycles. The van der Waals surface area contributed by atoms with Crippen LogP contribution in [0.2, 0.25) is 0 Å². The number of amides is 2. The zero-order valence-corrected chi connectivity index (χ0v) is 16.1. The van der Waals surface area contributed by atoms with E-state index in [0.717, 1.165) is 29.4 Å². The predicted molar refractivity (Wildman–Crippen MR) is 106 cm³/mol. The molecule has 150 valence electrons. The van der Waals surface area contributed by atoms with Crippen molar-refractivity contribution in [1.29, 1.82) is 0 Å². The van der Waals surface area contributed by atoms with E-state index in [4.69, 9.17) is 4.84 Å². The van der Waals surface area contributed by atoms with Gasteiger partial charge in [-0.2, -0.15) is 5.10 Å². The van der Waals surface area contributed by atoms with Gasteiger partial charge in [0, 0.05) is 36.4 Å². The minimum Gasteiger partial charge on any atom is -0.360 e. The molecular formula is C21H23N5O3. The van der Waals surface area contributed by atoms with Crippen molar-refractivity contribution in [2.75, 3.05) is 19.7 Å². The van der Waals surface area contributed by atoms with Gasteiger partial charge in [0.25, 0.3) is 5.91 Å². The molecule has 29 heavy (non-hydrogen) atoms. The van der Waals surface area contributed by atoms with Gasteiger partial charge in [0.1, 0.15) is 0 Å². The standard InChI is InChI=1S/C21H23N5O3/c27-20(25-9-3-4-10-29-25)11-16-14-24(13-15-7-8-23-26(15)16)21(28)18-12-22-19-6-2-1-5-17(18)19/h1-2,5-8,12,16,22H,3-4,9-11,13-14H2. The monoisotopic (exact) mass is 393 g/mol. The minimum atomic E-state index is -0.207. The Morgan fingerprint density at radius 1 is 1.21 bits per heavy atom. The maximum Gasteiger partial charge on any atom is 0.256 e. The Morgan fingerprint density at radius 2 is 2.10 bits per heavy atom. The van der Waals surface area contributed by atoms with Gasteiger partial charge >= 0.3 is 0 Å². The predicted octanol–water partition coefficient (Wildman–Crippen LogP) is 2.51. The number of hydroxylamine groups is 2. The summed E-state index contributed by atoms with van der Waals surface area (Å²) < 4.78 is 1.88. The third-order valence-corrected chi connectivity index (χ3v) is 5.68. The number of hydrogen-bond donors (Lipinski definition) is 1. The summed E-state index contributed by atoms with van der Waals surface area (Å²) in [6.07, 6.45) is 5.68. The first-order valence-electron chi connectivity index (χ1n) is 10.0. The Balaban J connectivity index is 1.38. The number of benzene rings is 1. The lowest BCUT2D eigenvalue weighted by Crippen LogP contribution is -2.44. The first-order chi connectivity index (χ1) is 14.2. The number of nitrogens with one attached hydrogen (secondary N) is 1. The summed E-state index contributed by atoms with van der Waals surface area (Å²) in [6.45, 7) is 2.11. The van der Waals surface area contributed by atoms with E-state index in [0.29, 0.717) is 31.8 Å². The molecule has 2 aliphatic rings. The zero-order valence-electron chi connectivity index (χ0n) is 16.1. The van der Waals surface area contributed by atoms with Gasteiger partial charge in [-0.15, -0.1) is 0 Å². The van der Waals surface area contributed by atoms with Crippen molar-refractivity contribution in [2.24, 2.45) is 0 Å². The van der Waals surface area contributed by atoms with Gasteiger partial charge in [0.2, 0.25) is 5.91 Å². The lowest BCUT2D eigenvalue weighted by Gasteiger charge is -2.35. The molecule has 3 aromatic rings. The molecule has 1 N–H and O–H groups in total. The van der Waals surface area contributed by atoms with Crippen LogP contribution in [0, 0.1) is 0 Å². The van der Waals surface area contributed by atoms with Crippen LogP contribution in [0.15, 0.2) is 42.7 Å². The molecule has 1 atom stereocenters. The van der Waals surface area contributed by atoms with E-state index in [1.165, 1.54) is 5.06 Å². The van der Waals surface area contributed by atoms with Crippen LogP contribution in [0.4, 0.5) is 0 Å². The number of para-hydroxylation sites is 1. The number of carbonyl (C=O) groups excluding carboxylic acids is 2. The van der Waals surface area contributed by atoms with E-state index in [9.17, 15) is 9.59 Å². The lowest BCUT2D eigenvalue weighted by molar-refractivity contribution is -0.198. The van der Waals surface area contributed by atoms with Crippen LogP contribution < -0.4 is 0 Å². The van der Waals surface area contributed by atoms with Crippen molar-refractivity contribution in [2.45, 2.75) is 31.8 Å². The van der Waals surface area contributed by atoms with Crippen molar-refractivity contribution in [3.63, 3.8) is 0 Å². The maximum atomic E-state index is 13.3. The highest BCUT2D eigenvalue weighted by Gasteiger charge is 2.32. The zero-order chi connectivity index (χ0) is 19.8. The van der Waals surface area contributed by atoms with Crippen LogP contribution in [0.25, 0.3) is 10.9 Å². The third kappa shape index (κ3) is 3.29. The summed E-state index contributed by atoms with van der Waals surface area (Å²) in [7, 11) is 0. The molecule has 2 aliphatic heterocycles. The number of aromatic nitrogens is 3. The molecule has 0 radical (unpaired) electrons. The Labute approximate surface area is 168 Å². The van der Waals surface area contributed by atoms with Gasteiger partial charge < -0.3 is 9.88 Å². The van der Waals surface area contributed by atoms with Crippen LogP contribution in [0.1, 0.15) is 41.4 Å². The molecule has 2 aromatic heterocycles. The van der Waals surface area contributed by atoms with E-state index < -0.39 is 0 Å². The minimum absolute atomic E-state index is 0.0402. The topological polar surface area (TPSA) is 83.5 Å². The summed E-state index contributed by atoms with van der Waals surface area (Å²) in [5, 5.41) is 6.78. The van der Waals surface area contributed by atoms with Gasteiger partial charge in [-0.3, -0.25) is 19.1 Å². The van der Waals surface area contributed by atoms with Crippen molar-refractivity contribution in [3.8, 4) is 0 Å². The average Bonchev–Trinajstić information content (AvgIpc) is 3.41. The first-order valence-corrected chi connectivity index (χ1v) is 10.0. The van der Waals surface area contributed by atoms with Crippen molar-refractivity contribution in [1.82, 2.24) is 24.7 Å². The van der Waals surface area contributed by atoms with Gasteiger partial charge in [-0.1, -0.05) is 18.2 Å². The van der Waals surface area contributed by atoms with Gasteiger partial charge in [0.05, 0.1) is 36.9 Å². The van der Waals surface area contributed by atoms with E-state index in [2.05, 4.69) is 10.1 Å². The van der Waals surface area contributed by atoms with Gasteiger partial charge in [-0.05, 0) is 25.0 Å². The highest BCUT2D eigenvalue weighted by molar-refractivity contribution is 6.06. The summed E-state index contributed by atoms with van der Waals surface area (Å²) >= 11 is 0. The SMILES string of the molecule is O=C(c1c[nH]c2ccccc12)N1Cc2ccnn2C(CC(=O)N2CCCCO2)C1. The molecule has 0 bridgehead atoms. The summed E-state index contributed by atoms with van der Waals surface area (Å²) in [6, 6.07) is 9.47. The number of fused-ring (bicyclic) bond motifs is 2. The number of hydrogen-bond acceptors (Lipinski definition) is 4. The second-order valence-corrected chi connectivity index (χ2v) is 7.59. The highest BCUT2D eigenvalue weighted by Crippen LogP contribution is 2.27. The van der Waals surface area contributed by atoms with Crippen LogP contribution in [0.3, 0.4) is 0 Å². The number of H-pyrrole nitrogens is 1. The quantitative estimate of drug-likeness (QED) is 0.741. The van der Waals surface area contributed by atoms with Crippen LogP contribution in [-0.2, 0) is 16.2 Å². The normalized spacial score (nSPS) is 19.4. The van der Waals surface area contributed by atoms with Crippen LogP contribution >= 0.6 is 0 Å². The molecule has 2 amide bonds. The molecule has 1 fully saturated rings. The molecule has 1 unspecified atom stereocenters. The Morgan fingerprint density at radius 3 is 2.97 bits per heavy atom. The summed E-state index contributed by atoms with van der Waals surface area (Å²) in [5.41, 5.74) is 2.52. The Hall–Kier alpha value is -3.13. The number of aromatic amines is 1. The Bertz CT molecular complexity index is 1050. The lowest BCUT2D eigenvalue weighted by atomic mass is 10.1. The molecule has 4 heterocycles. The fourth-order valence-electron chi connectivity index (χ4n) is 4.21. The second kappa shape index (κ2) is 7.36. The molecule has 5 rings (SSSR count). The molecule has 1 saturated heterocycles. The summed E-state index contributed by atoms with van der Waals surface area (Å²) in [4.78, 5) is 36.5. The van der Waals surface area contributed by atoms with Gasteiger partial charge in [0.15, 0.2) is 0 Å². The second-order valence-electron chi connectivity index (χ2n) is 7.59.